The van der Waals surface area contributed by atoms with Crippen LogP contribution < -0.4 is 5.73 Å². The lowest BCUT2D eigenvalue weighted by molar-refractivity contribution is -0.138. The van der Waals surface area contributed by atoms with Gasteiger partial charge in [0.2, 0.25) is 0 Å². The Morgan fingerprint density at radius 2 is 1.82 bits per heavy atom. The maximum atomic E-state index is 13.6. The fraction of sp³-hybridized carbons (Fsp3) is 0.385. The van der Waals surface area contributed by atoms with E-state index >= 15 is 0 Å². The molecule has 0 bridgehead atoms. The number of halogens is 4. The molecule has 1 unspecified atom stereocenters. The molecule has 2 aromatic rings. The molecule has 8 heteroatoms. The van der Waals surface area contributed by atoms with Crippen LogP contribution >= 0.6 is 0 Å². The van der Waals surface area contributed by atoms with E-state index in [4.69, 9.17) is 5.73 Å². The fourth-order valence-electron chi connectivity index (χ4n) is 4.38. The summed E-state index contributed by atoms with van der Waals surface area (Å²) in [5.74, 6) is -0.589. The first kappa shape index (κ1) is 25.6. The second kappa shape index (κ2) is 10.1. The van der Waals surface area contributed by atoms with Crippen LogP contribution in [0.25, 0.3) is 5.70 Å². The van der Waals surface area contributed by atoms with Crippen molar-refractivity contribution in [1.82, 2.24) is 4.90 Å². The van der Waals surface area contributed by atoms with Gasteiger partial charge in [0.25, 0.3) is 0 Å². The van der Waals surface area contributed by atoms with Crippen LogP contribution in [0.1, 0.15) is 60.2 Å². The van der Waals surface area contributed by atoms with E-state index in [0.717, 1.165) is 12.5 Å². The van der Waals surface area contributed by atoms with Gasteiger partial charge in [-0.15, -0.1) is 0 Å². The third kappa shape index (κ3) is 5.73. The Kier molecular flexibility index (Phi) is 7.60. The molecule has 0 aromatic heterocycles. The van der Waals surface area contributed by atoms with Gasteiger partial charge in [-0.05, 0) is 82.1 Å². The Morgan fingerprint density at radius 3 is 2.35 bits per heavy atom. The van der Waals surface area contributed by atoms with Crippen LogP contribution in [-0.4, -0.2) is 35.7 Å². The minimum atomic E-state index is -4.55. The molecule has 0 radical (unpaired) electrons. The molecule has 1 aliphatic heterocycles. The molecule has 0 saturated carbocycles. The number of nitrogens with zero attached hydrogens (tertiary/aromatic N) is 2. The maximum Gasteiger partial charge on any atom is 0.416 e. The van der Waals surface area contributed by atoms with E-state index in [0.29, 0.717) is 29.3 Å². The highest BCUT2D eigenvalue weighted by Gasteiger charge is 2.35. The Bertz CT molecular complexity index is 1120. The largest absolute Gasteiger partial charge is 0.416 e. The Morgan fingerprint density at radius 1 is 1.18 bits per heavy atom. The number of hydrogen-bond donors (Lipinski definition) is 1. The van der Waals surface area contributed by atoms with Crippen molar-refractivity contribution in [3.05, 3.63) is 76.1 Å². The molecule has 1 saturated heterocycles. The summed E-state index contributed by atoms with van der Waals surface area (Å²) in [6, 6.07) is 9.89. The zero-order valence-corrected chi connectivity index (χ0v) is 19.7. The highest BCUT2D eigenvalue weighted by atomic mass is 19.4. The standard InChI is InChI=1S/C26H29F4N3O/c1-15-12-21(33(15)4)13-19(25(32-17(3)31)18-8-10-20(27)11-9-18)14-24(34)22-6-5-7-23(16(22)2)26(28,29)30/h5-11,15,21H,12-14H2,1-4H3,(H2,31,32)/b25-19-/t15-,21?/m0/s1. The molecule has 3 rings (SSSR count). The number of aliphatic imine (C=N–C) groups is 1. The second-order valence-electron chi connectivity index (χ2n) is 8.90. The quantitative estimate of drug-likeness (QED) is 0.231. The zero-order valence-electron chi connectivity index (χ0n) is 19.7. The van der Waals surface area contributed by atoms with Crippen molar-refractivity contribution in [1.29, 1.82) is 0 Å². The number of nitrogens with two attached hydrogens (primary N) is 1. The van der Waals surface area contributed by atoms with E-state index in [1.165, 1.54) is 31.2 Å². The van der Waals surface area contributed by atoms with E-state index in [2.05, 4.69) is 16.8 Å². The molecule has 0 spiro atoms. The predicted octanol–water partition coefficient (Wildman–Crippen LogP) is 6.00. The number of carbonyl (C=O) groups is 1. The summed E-state index contributed by atoms with van der Waals surface area (Å²) in [5.41, 5.74) is 6.67. The minimum Gasteiger partial charge on any atom is -0.387 e. The molecule has 1 heterocycles. The van der Waals surface area contributed by atoms with Gasteiger partial charge in [0, 0.05) is 29.6 Å². The van der Waals surface area contributed by atoms with Crippen LogP contribution in [-0.2, 0) is 6.18 Å². The smallest absolute Gasteiger partial charge is 0.387 e. The van der Waals surface area contributed by atoms with Crippen molar-refractivity contribution in [2.45, 2.75) is 58.3 Å². The van der Waals surface area contributed by atoms with Gasteiger partial charge < -0.3 is 10.6 Å². The molecule has 4 nitrogen and oxygen atoms in total. The predicted molar refractivity (Wildman–Crippen MR) is 126 cm³/mol. The van der Waals surface area contributed by atoms with Crippen LogP contribution in [0.3, 0.4) is 0 Å². The first-order chi connectivity index (χ1) is 15.9. The van der Waals surface area contributed by atoms with Gasteiger partial charge in [-0.1, -0.05) is 12.1 Å². The molecule has 2 N–H and O–H groups in total. The van der Waals surface area contributed by atoms with Gasteiger partial charge >= 0.3 is 6.18 Å². The number of carbonyl (C=O) groups excluding carboxylic acids is 1. The third-order valence-corrected chi connectivity index (χ3v) is 6.42. The topological polar surface area (TPSA) is 58.7 Å². The summed E-state index contributed by atoms with van der Waals surface area (Å²) < 4.78 is 53.8. The van der Waals surface area contributed by atoms with Crippen LogP contribution in [0.15, 0.2) is 53.0 Å². The number of benzene rings is 2. The van der Waals surface area contributed by atoms with Gasteiger partial charge in [0.15, 0.2) is 5.78 Å². The van der Waals surface area contributed by atoms with E-state index in [9.17, 15) is 22.4 Å². The van der Waals surface area contributed by atoms with Crippen molar-refractivity contribution in [3.63, 3.8) is 0 Å². The van der Waals surface area contributed by atoms with E-state index in [1.807, 2.05) is 7.05 Å². The van der Waals surface area contributed by atoms with Gasteiger partial charge in [-0.25, -0.2) is 9.38 Å². The Hall–Kier alpha value is -3.00. The highest BCUT2D eigenvalue weighted by Crippen LogP contribution is 2.36. The van der Waals surface area contributed by atoms with Crippen LogP contribution in [0.5, 0.6) is 0 Å². The van der Waals surface area contributed by atoms with E-state index < -0.39 is 23.3 Å². The summed E-state index contributed by atoms with van der Waals surface area (Å²) in [5, 5.41) is 0. The van der Waals surface area contributed by atoms with Gasteiger partial charge in [-0.2, -0.15) is 13.2 Å². The third-order valence-electron chi connectivity index (χ3n) is 6.42. The van der Waals surface area contributed by atoms with E-state index in [-0.39, 0.29) is 29.4 Å². The Balaban J connectivity index is 2.08. The lowest BCUT2D eigenvalue weighted by Crippen LogP contribution is -2.51. The summed E-state index contributed by atoms with van der Waals surface area (Å²) >= 11 is 0. The number of rotatable bonds is 7. The zero-order chi connectivity index (χ0) is 25.2. The van der Waals surface area contributed by atoms with Crippen LogP contribution in [0.2, 0.25) is 0 Å². The number of hydrogen-bond acceptors (Lipinski definition) is 3. The fourth-order valence-corrected chi connectivity index (χ4v) is 4.38. The van der Waals surface area contributed by atoms with Gasteiger partial charge in [0.1, 0.15) is 5.82 Å². The van der Waals surface area contributed by atoms with Crippen LogP contribution in [0, 0.1) is 12.7 Å². The van der Waals surface area contributed by atoms with Crippen molar-refractivity contribution >= 4 is 17.3 Å². The number of amidine groups is 1. The first-order valence-electron chi connectivity index (χ1n) is 11.1. The number of likely N-dealkylation sites (tertiary alicyclic amines) is 1. The molecule has 0 amide bonds. The summed E-state index contributed by atoms with van der Waals surface area (Å²) in [4.78, 5) is 20.0. The average molecular weight is 476 g/mol. The summed E-state index contributed by atoms with van der Waals surface area (Å²) in [7, 11) is 1.99. The molecule has 1 fully saturated rings. The van der Waals surface area contributed by atoms with Crippen molar-refractivity contribution in [2.75, 3.05) is 7.05 Å². The molecule has 2 aromatic carbocycles. The Labute approximate surface area is 197 Å². The van der Waals surface area contributed by atoms with Crippen molar-refractivity contribution in [3.8, 4) is 0 Å². The molecule has 2 atom stereocenters. The lowest BCUT2D eigenvalue weighted by atomic mass is 9.85. The SMILES string of the molecule is C/C(N)=N/C(=C(\CC(=O)c1cccc(C(F)(F)F)c1C)CC1C[C@H](C)N1C)c1ccc(F)cc1. The minimum absolute atomic E-state index is 0.0227. The normalized spacial score (nSPS) is 20.1. The van der Waals surface area contributed by atoms with Gasteiger partial charge in [-0.3, -0.25) is 4.79 Å². The van der Waals surface area contributed by atoms with Crippen molar-refractivity contribution < 1.29 is 22.4 Å². The maximum absolute atomic E-state index is 13.6. The molecule has 182 valence electrons. The van der Waals surface area contributed by atoms with Gasteiger partial charge in [0.05, 0.1) is 17.1 Å². The summed E-state index contributed by atoms with van der Waals surface area (Å²) in [6.45, 7) is 5.02. The van der Waals surface area contributed by atoms with Crippen LogP contribution in [0.4, 0.5) is 17.6 Å². The molecule has 0 aliphatic carbocycles. The molecule has 34 heavy (non-hydrogen) atoms. The van der Waals surface area contributed by atoms with Crippen molar-refractivity contribution in [2.24, 2.45) is 10.7 Å². The number of alkyl halides is 3. The monoisotopic (exact) mass is 475 g/mol. The molecule has 1 aliphatic rings. The first-order valence-corrected chi connectivity index (χ1v) is 11.1. The highest BCUT2D eigenvalue weighted by molar-refractivity contribution is 6.00. The average Bonchev–Trinajstić information content (AvgIpc) is 2.76. The molecular weight excluding hydrogens is 446 g/mol. The summed E-state index contributed by atoms with van der Waals surface area (Å²) in [6.07, 6.45) is -3.26. The number of ketones is 1. The number of Topliss-reactive ketones (excluding diaryl/α,β-unsaturated/α-hetero) is 1. The second-order valence-corrected chi connectivity index (χ2v) is 8.90. The lowest BCUT2D eigenvalue weighted by Gasteiger charge is -2.45. The van der Waals surface area contributed by atoms with E-state index in [1.54, 1.807) is 19.1 Å². The molecular formula is C26H29F4N3O.